The molecule has 0 amide bonds. The van der Waals surface area contributed by atoms with Crippen LogP contribution in [0.15, 0.2) is 0 Å². The molecule has 2 rings (SSSR count). The fraction of sp³-hybridized carbons (Fsp3) is 0.636. The van der Waals surface area contributed by atoms with Crippen molar-refractivity contribution in [1.29, 1.82) is 0 Å². The van der Waals surface area contributed by atoms with Crippen LogP contribution >= 0.6 is 0 Å². The van der Waals surface area contributed by atoms with Crippen molar-refractivity contribution >= 4 is 11.8 Å². The molecule has 0 aromatic carbocycles. The fourth-order valence-electron chi connectivity index (χ4n) is 1.90. The zero-order valence-electron chi connectivity index (χ0n) is 10.3. The number of anilines is 1. The van der Waals surface area contributed by atoms with Crippen LogP contribution in [-0.4, -0.2) is 28.5 Å². The van der Waals surface area contributed by atoms with Gasteiger partial charge in [-0.2, -0.15) is 18.3 Å². The zero-order valence-corrected chi connectivity index (χ0v) is 10.3. The molecule has 1 aliphatic carbocycles. The Morgan fingerprint density at radius 3 is 2.63 bits per heavy atom. The lowest BCUT2D eigenvalue weighted by molar-refractivity contribution is -0.142. The first-order valence-electron chi connectivity index (χ1n) is 5.93. The van der Waals surface area contributed by atoms with Crippen LogP contribution in [0.25, 0.3) is 0 Å². The maximum atomic E-state index is 12.4. The lowest BCUT2D eigenvalue weighted by atomic mass is 10.1. The van der Waals surface area contributed by atoms with Gasteiger partial charge in [0.05, 0.1) is 6.61 Å². The highest BCUT2D eigenvalue weighted by Crippen LogP contribution is 2.44. The van der Waals surface area contributed by atoms with E-state index in [4.69, 9.17) is 10.5 Å². The molecule has 0 atom stereocenters. The third kappa shape index (κ3) is 2.99. The van der Waals surface area contributed by atoms with E-state index < -0.39 is 18.7 Å². The number of rotatable bonds is 4. The van der Waals surface area contributed by atoms with Gasteiger partial charge in [0.25, 0.3) is 0 Å². The maximum absolute atomic E-state index is 12.4. The van der Waals surface area contributed by atoms with E-state index in [0.29, 0.717) is 10.2 Å². The molecule has 8 heteroatoms. The van der Waals surface area contributed by atoms with E-state index in [-0.39, 0.29) is 24.0 Å². The minimum Gasteiger partial charge on any atom is -0.461 e. The summed E-state index contributed by atoms with van der Waals surface area (Å²) in [5, 5.41) is 3.67. The van der Waals surface area contributed by atoms with Gasteiger partial charge >= 0.3 is 12.1 Å². The molecular weight excluding hydrogens is 263 g/mol. The van der Waals surface area contributed by atoms with Crippen LogP contribution in [0.5, 0.6) is 0 Å². The van der Waals surface area contributed by atoms with Gasteiger partial charge in [0.2, 0.25) is 0 Å². The van der Waals surface area contributed by atoms with Gasteiger partial charge in [0.15, 0.2) is 5.69 Å². The van der Waals surface area contributed by atoms with Crippen molar-refractivity contribution in [3.8, 4) is 0 Å². The summed E-state index contributed by atoms with van der Waals surface area (Å²) in [7, 11) is 0. The van der Waals surface area contributed by atoms with Crippen molar-refractivity contribution in [2.24, 2.45) is 0 Å². The van der Waals surface area contributed by atoms with Crippen LogP contribution < -0.4 is 5.73 Å². The summed E-state index contributed by atoms with van der Waals surface area (Å²) in [5.41, 5.74) is 5.98. The third-order valence-corrected chi connectivity index (χ3v) is 2.81. The highest BCUT2D eigenvalue weighted by Gasteiger charge is 2.37. The van der Waals surface area contributed by atoms with E-state index in [0.717, 1.165) is 12.8 Å². The Labute approximate surface area is 107 Å². The molecule has 0 radical (unpaired) electrons. The number of ether oxygens (including phenoxy) is 1. The van der Waals surface area contributed by atoms with Crippen molar-refractivity contribution in [2.45, 2.75) is 38.4 Å². The van der Waals surface area contributed by atoms with Crippen LogP contribution in [0, 0.1) is 0 Å². The number of hydrogen-bond donors (Lipinski definition) is 1. The normalized spacial score (nSPS) is 15.6. The van der Waals surface area contributed by atoms with Crippen molar-refractivity contribution in [1.82, 2.24) is 9.78 Å². The SMILES string of the molecule is CCOC(=O)c1nn(CC(F)(F)F)c(N)c1C1CC1. The van der Waals surface area contributed by atoms with Gasteiger partial charge in [0, 0.05) is 5.56 Å². The molecule has 1 heterocycles. The third-order valence-electron chi connectivity index (χ3n) is 2.81. The van der Waals surface area contributed by atoms with E-state index >= 15 is 0 Å². The highest BCUT2D eigenvalue weighted by molar-refractivity contribution is 5.91. The second-order valence-corrected chi connectivity index (χ2v) is 4.42. The van der Waals surface area contributed by atoms with Crippen molar-refractivity contribution in [2.75, 3.05) is 12.3 Å². The zero-order chi connectivity index (χ0) is 14.2. The fourth-order valence-corrected chi connectivity index (χ4v) is 1.90. The monoisotopic (exact) mass is 277 g/mol. The van der Waals surface area contributed by atoms with E-state index in [9.17, 15) is 18.0 Å². The lowest BCUT2D eigenvalue weighted by Crippen LogP contribution is -2.20. The van der Waals surface area contributed by atoms with Crippen LogP contribution in [0.4, 0.5) is 19.0 Å². The largest absolute Gasteiger partial charge is 0.461 e. The summed E-state index contributed by atoms with van der Waals surface area (Å²) >= 11 is 0. The number of carbonyl (C=O) groups excluding carboxylic acids is 1. The first-order valence-corrected chi connectivity index (χ1v) is 5.93. The predicted molar refractivity (Wildman–Crippen MR) is 60.6 cm³/mol. The molecule has 0 spiro atoms. The Balaban J connectivity index is 2.36. The van der Waals surface area contributed by atoms with Gasteiger partial charge in [-0.1, -0.05) is 0 Å². The van der Waals surface area contributed by atoms with Crippen LogP contribution in [0.1, 0.15) is 41.7 Å². The minimum absolute atomic E-state index is 0.0152. The lowest BCUT2D eigenvalue weighted by Gasteiger charge is -2.07. The molecule has 0 bridgehead atoms. The van der Waals surface area contributed by atoms with E-state index in [1.54, 1.807) is 6.92 Å². The number of alkyl halides is 3. The van der Waals surface area contributed by atoms with Gasteiger partial charge < -0.3 is 10.5 Å². The van der Waals surface area contributed by atoms with Crippen LogP contribution in [0.2, 0.25) is 0 Å². The smallest absolute Gasteiger partial charge is 0.408 e. The molecule has 1 fully saturated rings. The summed E-state index contributed by atoms with van der Waals surface area (Å²) in [4.78, 5) is 11.7. The summed E-state index contributed by atoms with van der Waals surface area (Å²) < 4.78 is 42.6. The first kappa shape index (κ1) is 13.7. The highest BCUT2D eigenvalue weighted by atomic mass is 19.4. The quantitative estimate of drug-likeness (QED) is 0.855. The molecule has 1 aromatic rings. The number of hydrogen-bond acceptors (Lipinski definition) is 4. The first-order chi connectivity index (χ1) is 8.83. The number of halogens is 3. The molecule has 1 aliphatic rings. The van der Waals surface area contributed by atoms with Crippen molar-refractivity contribution < 1.29 is 22.7 Å². The Morgan fingerprint density at radius 2 is 2.16 bits per heavy atom. The van der Waals surface area contributed by atoms with Crippen molar-refractivity contribution in [3.05, 3.63) is 11.3 Å². The molecular formula is C11H14F3N3O2. The Morgan fingerprint density at radius 1 is 1.53 bits per heavy atom. The number of aromatic nitrogens is 2. The van der Waals surface area contributed by atoms with Crippen LogP contribution in [0.3, 0.4) is 0 Å². The van der Waals surface area contributed by atoms with Gasteiger partial charge in [-0.25, -0.2) is 9.48 Å². The topological polar surface area (TPSA) is 70.1 Å². The molecule has 0 unspecified atom stereocenters. The molecule has 1 saturated carbocycles. The molecule has 19 heavy (non-hydrogen) atoms. The van der Waals surface area contributed by atoms with Crippen molar-refractivity contribution in [3.63, 3.8) is 0 Å². The summed E-state index contributed by atoms with van der Waals surface area (Å²) in [5.74, 6) is -0.804. The number of carbonyl (C=O) groups is 1. The molecule has 2 N–H and O–H groups in total. The minimum atomic E-state index is -4.44. The van der Waals surface area contributed by atoms with Gasteiger partial charge in [0.1, 0.15) is 12.4 Å². The van der Waals surface area contributed by atoms with E-state index in [1.165, 1.54) is 0 Å². The number of nitrogen functional groups attached to an aromatic ring is 1. The Hall–Kier alpha value is -1.73. The van der Waals surface area contributed by atoms with Gasteiger partial charge in [-0.3, -0.25) is 0 Å². The molecule has 1 aromatic heterocycles. The summed E-state index contributed by atoms with van der Waals surface area (Å²) in [6.45, 7) is 0.442. The molecule has 0 aliphatic heterocycles. The van der Waals surface area contributed by atoms with E-state index in [1.807, 2.05) is 0 Å². The van der Waals surface area contributed by atoms with Crippen LogP contribution in [-0.2, 0) is 11.3 Å². The number of esters is 1. The second kappa shape index (κ2) is 4.75. The predicted octanol–water partition coefficient (Wildman–Crippen LogP) is 2.08. The standard InChI is InChI=1S/C11H14F3N3O2/c1-2-19-10(18)8-7(6-3-4-6)9(15)17(16-8)5-11(12,13)14/h6H,2-5,15H2,1H3. The average Bonchev–Trinajstić information content (AvgIpc) is 3.05. The molecule has 0 saturated heterocycles. The molecule has 5 nitrogen and oxygen atoms in total. The maximum Gasteiger partial charge on any atom is 0.408 e. The summed E-state index contributed by atoms with van der Waals surface area (Å²) in [6, 6.07) is 0. The Bertz CT molecular complexity index is 492. The molecule has 106 valence electrons. The summed E-state index contributed by atoms with van der Waals surface area (Å²) in [6.07, 6.45) is -2.84. The van der Waals surface area contributed by atoms with Gasteiger partial charge in [-0.15, -0.1) is 0 Å². The Kier molecular flexibility index (Phi) is 3.42. The average molecular weight is 277 g/mol. The number of nitrogens with zero attached hydrogens (tertiary/aromatic N) is 2. The van der Waals surface area contributed by atoms with E-state index in [2.05, 4.69) is 5.10 Å². The number of nitrogens with two attached hydrogens (primary N) is 1. The van der Waals surface area contributed by atoms with Gasteiger partial charge in [-0.05, 0) is 25.7 Å². The second-order valence-electron chi connectivity index (χ2n) is 4.42.